The van der Waals surface area contributed by atoms with Crippen LogP contribution in [0.15, 0.2) is 4.99 Å². The second kappa shape index (κ2) is 8.35. The van der Waals surface area contributed by atoms with Gasteiger partial charge in [-0.3, -0.25) is 10.4 Å². The Kier molecular flexibility index (Phi) is 7.12. The molecule has 1 aliphatic heterocycles. The lowest BCUT2D eigenvalue weighted by Crippen LogP contribution is -2.51. The highest BCUT2D eigenvalue weighted by Crippen LogP contribution is 2.23. The Morgan fingerprint density at radius 2 is 2.32 bits per heavy atom. The number of nitrogens with two attached hydrogens (primary N) is 1. The van der Waals surface area contributed by atoms with E-state index in [4.69, 9.17) is 15.3 Å². The molecule has 0 aromatic carbocycles. The number of aliphatic imine (C=N–C) groups is 1. The first-order valence-electron chi connectivity index (χ1n) is 7.06. The van der Waals surface area contributed by atoms with E-state index in [9.17, 15) is 0 Å². The van der Waals surface area contributed by atoms with Crippen LogP contribution in [0, 0.1) is 0 Å². The van der Waals surface area contributed by atoms with Crippen molar-refractivity contribution in [2.24, 2.45) is 10.8 Å². The molecule has 0 aromatic heterocycles. The second-order valence-corrected chi connectivity index (χ2v) is 5.37. The van der Waals surface area contributed by atoms with Crippen LogP contribution in [0.1, 0.15) is 40.0 Å². The third-order valence-electron chi connectivity index (χ3n) is 3.10. The van der Waals surface area contributed by atoms with Crippen molar-refractivity contribution in [1.82, 2.24) is 10.7 Å². The van der Waals surface area contributed by atoms with E-state index in [1.165, 1.54) is 0 Å². The van der Waals surface area contributed by atoms with Crippen molar-refractivity contribution in [3.8, 4) is 0 Å². The minimum atomic E-state index is -0.0788. The maximum absolute atomic E-state index is 5.69. The Bertz CT molecular complexity index is 282. The molecule has 6 heteroatoms. The fourth-order valence-electron chi connectivity index (χ4n) is 2.18. The SMILES string of the molecule is CCOCCCN=C(NN)NC1CCOC(C)(C)C1. The number of hydrogen-bond donors (Lipinski definition) is 3. The van der Waals surface area contributed by atoms with Crippen molar-refractivity contribution in [2.75, 3.05) is 26.4 Å². The van der Waals surface area contributed by atoms with Crippen LogP contribution in [-0.2, 0) is 9.47 Å². The zero-order valence-corrected chi connectivity index (χ0v) is 12.4. The number of hydrazine groups is 1. The van der Waals surface area contributed by atoms with Crippen LogP contribution in [0.5, 0.6) is 0 Å². The summed E-state index contributed by atoms with van der Waals surface area (Å²) < 4.78 is 11.0. The topological polar surface area (TPSA) is 80.9 Å². The first-order chi connectivity index (χ1) is 9.07. The van der Waals surface area contributed by atoms with Crippen molar-refractivity contribution in [1.29, 1.82) is 0 Å². The van der Waals surface area contributed by atoms with E-state index in [1.54, 1.807) is 0 Å². The number of guanidine groups is 1. The summed E-state index contributed by atoms with van der Waals surface area (Å²) in [5.74, 6) is 6.14. The van der Waals surface area contributed by atoms with Gasteiger partial charge in [0.15, 0.2) is 0 Å². The Morgan fingerprint density at radius 1 is 1.53 bits per heavy atom. The first-order valence-corrected chi connectivity index (χ1v) is 7.06. The van der Waals surface area contributed by atoms with Crippen molar-refractivity contribution in [3.05, 3.63) is 0 Å². The zero-order valence-electron chi connectivity index (χ0n) is 12.4. The first kappa shape index (κ1) is 16.2. The highest BCUT2D eigenvalue weighted by molar-refractivity contribution is 5.79. The van der Waals surface area contributed by atoms with E-state index in [2.05, 4.69) is 29.6 Å². The van der Waals surface area contributed by atoms with E-state index >= 15 is 0 Å². The van der Waals surface area contributed by atoms with E-state index in [-0.39, 0.29) is 5.60 Å². The molecule has 0 bridgehead atoms. The van der Waals surface area contributed by atoms with Crippen LogP contribution in [-0.4, -0.2) is 44.0 Å². The number of nitrogens with zero attached hydrogens (tertiary/aromatic N) is 1. The summed E-state index contributed by atoms with van der Waals surface area (Å²) >= 11 is 0. The zero-order chi connectivity index (χ0) is 14.1. The van der Waals surface area contributed by atoms with Gasteiger partial charge in [0, 0.05) is 32.4 Å². The summed E-state index contributed by atoms with van der Waals surface area (Å²) in [6.45, 7) is 9.17. The van der Waals surface area contributed by atoms with Crippen LogP contribution in [0.3, 0.4) is 0 Å². The molecule has 1 fully saturated rings. The molecule has 1 atom stereocenters. The third kappa shape index (κ3) is 6.75. The fraction of sp³-hybridized carbons (Fsp3) is 0.923. The van der Waals surface area contributed by atoms with Crippen molar-refractivity contribution >= 4 is 5.96 Å². The van der Waals surface area contributed by atoms with E-state index < -0.39 is 0 Å². The lowest BCUT2D eigenvalue weighted by Gasteiger charge is -2.36. The maximum Gasteiger partial charge on any atom is 0.205 e. The number of nitrogens with one attached hydrogen (secondary N) is 2. The molecule has 112 valence electrons. The fourth-order valence-corrected chi connectivity index (χ4v) is 2.18. The summed E-state index contributed by atoms with van der Waals surface area (Å²) in [6.07, 6.45) is 2.83. The van der Waals surface area contributed by atoms with Crippen molar-refractivity contribution in [3.63, 3.8) is 0 Å². The number of hydrogen-bond acceptors (Lipinski definition) is 4. The molecule has 0 aliphatic carbocycles. The average Bonchev–Trinajstić information content (AvgIpc) is 2.36. The molecule has 6 nitrogen and oxygen atoms in total. The Balaban J connectivity index is 2.32. The van der Waals surface area contributed by atoms with Gasteiger partial charge in [-0.15, -0.1) is 0 Å². The molecule has 1 heterocycles. The van der Waals surface area contributed by atoms with Gasteiger partial charge in [0.25, 0.3) is 0 Å². The maximum atomic E-state index is 5.69. The Hall–Kier alpha value is -0.850. The molecule has 1 aliphatic rings. The van der Waals surface area contributed by atoms with Gasteiger partial charge in [-0.25, -0.2) is 5.84 Å². The van der Waals surface area contributed by atoms with Gasteiger partial charge in [-0.05, 0) is 40.0 Å². The summed E-state index contributed by atoms with van der Waals surface area (Å²) in [4.78, 5) is 4.40. The van der Waals surface area contributed by atoms with E-state index in [1.807, 2.05) is 6.92 Å². The molecule has 19 heavy (non-hydrogen) atoms. The smallest absolute Gasteiger partial charge is 0.205 e. The molecule has 0 amide bonds. The molecular weight excluding hydrogens is 244 g/mol. The number of ether oxygens (including phenoxy) is 2. The molecule has 1 saturated heterocycles. The highest BCUT2D eigenvalue weighted by atomic mass is 16.5. The van der Waals surface area contributed by atoms with E-state index in [0.717, 1.165) is 39.1 Å². The second-order valence-electron chi connectivity index (χ2n) is 5.37. The molecule has 4 N–H and O–H groups in total. The molecule has 0 aromatic rings. The molecule has 1 unspecified atom stereocenters. The normalized spacial score (nSPS) is 23.2. The van der Waals surface area contributed by atoms with Gasteiger partial charge in [-0.2, -0.15) is 0 Å². The van der Waals surface area contributed by atoms with E-state index in [0.29, 0.717) is 18.5 Å². The molecule has 0 spiro atoms. The third-order valence-corrected chi connectivity index (χ3v) is 3.10. The number of rotatable bonds is 6. The molecule has 0 saturated carbocycles. The highest BCUT2D eigenvalue weighted by Gasteiger charge is 2.29. The van der Waals surface area contributed by atoms with Gasteiger partial charge < -0.3 is 14.8 Å². The summed E-state index contributed by atoms with van der Waals surface area (Å²) in [5.41, 5.74) is 2.55. The minimum absolute atomic E-state index is 0.0788. The Morgan fingerprint density at radius 3 is 2.95 bits per heavy atom. The van der Waals surface area contributed by atoms with Gasteiger partial charge >= 0.3 is 0 Å². The summed E-state index contributed by atoms with van der Waals surface area (Å²) in [5, 5.41) is 3.35. The minimum Gasteiger partial charge on any atom is -0.382 e. The predicted molar refractivity (Wildman–Crippen MR) is 76.9 cm³/mol. The van der Waals surface area contributed by atoms with Crippen molar-refractivity contribution < 1.29 is 9.47 Å². The molecule has 0 radical (unpaired) electrons. The average molecular weight is 272 g/mol. The molecular formula is C13H28N4O2. The molecule has 1 rings (SSSR count). The standard InChI is InChI=1S/C13H28N4O2/c1-4-18-8-5-7-15-12(17-14)16-11-6-9-19-13(2,3)10-11/h11H,4-10,14H2,1-3H3,(H2,15,16,17). The van der Waals surface area contributed by atoms with Crippen LogP contribution >= 0.6 is 0 Å². The summed E-state index contributed by atoms with van der Waals surface area (Å²) in [7, 11) is 0. The predicted octanol–water partition coefficient (Wildman–Crippen LogP) is 0.780. The van der Waals surface area contributed by atoms with Gasteiger partial charge in [0.05, 0.1) is 5.60 Å². The lowest BCUT2D eigenvalue weighted by atomic mass is 9.94. The monoisotopic (exact) mass is 272 g/mol. The van der Waals surface area contributed by atoms with Crippen molar-refractivity contribution in [2.45, 2.75) is 51.7 Å². The van der Waals surface area contributed by atoms with Crippen LogP contribution in [0.25, 0.3) is 0 Å². The lowest BCUT2D eigenvalue weighted by molar-refractivity contribution is -0.0605. The van der Waals surface area contributed by atoms with Gasteiger partial charge in [0.1, 0.15) is 0 Å². The summed E-state index contributed by atoms with van der Waals surface area (Å²) in [6, 6.07) is 0.352. The van der Waals surface area contributed by atoms with Gasteiger partial charge in [-0.1, -0.05) is 0 Å². The Labute approximate surface area is 116 Å². The largest absolute Gasteiger partial charge is 0.382 e. The van der Waals surface area contributed by atoms with Crippen LogP contribution in [0.2, 0.25) is 0 Å². The quantitative estimate of drug-likeness (QED) is 0.219. The van der Waals surface area contributed by atoms with Crippen LogP contribution in [0.4, 0.5) is 0 Å². The van der Waals surface area contributed by atoms with Crippen LogP contribution < -0.4 is 16.6 Å². The van der Waals surface area contributed by atoms with Gasteiger partial charge in [0.2, 0.25) is 5.96 Å².